The molecule has 0 fully saturated rings. The van der Waals surface area contributed by atoms with Crippen LogP contribution in [0.1, 0.15) is 52.7 Å². The van der Waals surface area contributed by atoms with E-state index < -0.39 is 37.3 Å². The van der Waals surface area contributed by atoms with Crippen molar-refractivity contribution in [2.24, 2.45) is 0 Å². The molecule has 0 saturated carbocycles. The van der Waals surface area contributed by atoms with Crippen LogP contribution in [0.15, 0.2) is 67.1 Å². The second kappa shape index (κ2) is 8.49. The van der Waals surface area contributed by atoms with E-state index >= 15 is 0 Å². The normalized spacial score (nSPS) is 16.3. The quantitative estimate of drug-likeness (QED) is 0.334. The summed E-state index contributed by atoms with van der Waals surface area (Å²) in [4.78, 5) is 0. The molecule has 0 spiro atoms. The summed E-state index contributed by atoms with van der Waals surface area (Å²) in [6, 6.07) is 22.7. The van der Waals surface area contributed by atoms with E-state index in [2.05, 4.69) is 128 Å². The summed E-state index contributed by atoms with van der Waals surface area (Å²) in [5.41, 5.74) is 6.14. The summed E-state index contributed by atoms with van der Waals surface area (Å²) >= 11 is -0.869. The summed E-state index contributed by atoms with van der Waals surface area (Å²) in [6.07, 6.45) is 0. The fourth-order valence-electron chi connectivity index (χ4n) is 3.97. The Morgan fingerprint density at radius 2 is 0.806 bits per heavy atom. The summed E-state index contributed by atoms with van der Waals surface area (Å²) in [5.74, 6) is 0. The third kappa shape index (κ3) is 4.49. The molecule has 1 aliphatic heterocycles. The van der Waals surface area contributed by atoms with E-state index in [1.54, 1.807) is 11.1 Å². The van der Waals surface area contributed by atoms with Gasteiger partial charge in [0.15, 0.2) is 0 Å². The summed E-state index contributed by atoms with van der Waals surface area (Å²) in [5, 5.41) is 0.710. The Bertz CT molecular complexity index is 915. The second-order valence-corrected chi connectivity index (χ2v) is 29.0. The SMILES string of the molecule is CC(C)(C)[Si](C)(C)[C]1=C(c2ccccc2)C(c2ccccc2)=[C]([Si](C)(C)C(C)(C)C)[Sn]1. The van der Waals surface area contributed by atoms with Gasteiger partial charge in [-0.2, -0.15) is 0 Å². The van der Waals surface area contributed by atoms with Gasteiger partial charge in [0.2, 0.25) is 0 Å². The molecule has 0 saturated heterocycles. The van der Waals surface area contributed by atoms with Gasteiger partial charge in [-0.15, -0.1) is 0 Å². The zero-order valence-corrected chi connectivity index (χ0v) is 26.1. The van der Waals surface area contributed by atoms with Crippen LogP contribution in [-0.4, -0.2) is 37.3 Å². The van der Waals surface area contributed by atoms with Crippen molar-refractivity contribution in [3.05, 3.63) is 78.2 Å². The zero-order chi connectivity index (χ0) is 23.2. The van der Waals surface area contributed by atoms with E-state index in [-0.39, 0.29) is 0 Å². The fourth-order valence-corrected chi connectivity index (χ4v) is 25.1. The average molecular weight is 552 g/mol. The molecular weight excluding hydrogens is 511 g/mol. The predicted octanol–water partition coefficient (Wildman–Crippen LogP) is 8.62. The Balaban J connectivity index is 2.42. The van der Waals surface area contributed by atoms with Crippen molar-refractivity contribution in [3.8, 4) is 0 Å². The molecule has 0 unspecified atom stereocenters. The van der Waals surface area contributed by atoms with Crippen LogP contribution in [0.5, 0.6) is 0 Å². The molecule has 0 aromatic heterocycles. The van der Waals surface area contributed by atoms with E-state index in [1.807, 2.05) is 6.42 Å². The number of allylic oxidation sites excluding steroid dienone is 2. The van der Waals surface area contributed by atoms with Crippen LogP contribution in [0, 0.1) is 0 Å². The maximum absolute atomic E-state index is 2.64. The molecular formula is C28H40Si2Sn. The summed E-state index contributed by atoms with van der Waals surface area (Å²) in [7, 11) is -3.27. The predicted molar refractivity (Wildman–Crippen MR) is 147 cm³/mol. The molecule has 0 N–H and O–H groups in total. The Labute approximate surface area is 203 Å². The van der Waals surface area contributed by atoms with Crippen molar-refractivity contribution >= 4 is 48.4 Å². The van der Waals surface area contributed by atoms with Crippen molar-refractivity contribution < 1.29 is 0 Å². The molecule has 0 bridgehead atoms. The van der Waals surface area contributed by atoms with Gasteiger partial charge in [-0.25, -0.2) is 0 Å². The minimum absolute atomic E-state index is 0.355. The van der Waals surface area contributed by atoms with Gasteiger partial charge in [0.05, 0.1) is 0 Å². The molecule has 31 heavy (non-hydrogen) atoms. The summed E-state index contributed by atoms with van der Waals surface area (Å²) in [6.45, 7) is 25.5. The zero-order valence-electron chi connectivity index (χ0n) is 21.3. The Hall–Kier alpha value is -0.848. The summed E-state index contributed by atoms with van der Waals surface area (Å²) < 4.78 is 3.85. The standard InChI is InChI=1S/C28H40Si2.Sn/c1-27(2,3)29(7,8)21-25(23-17-13-11-14-18-23)26(24-19-15-12-16-20-24)22-30(9,10)28(4,5)6;/h11-20H,1-10H3;. The second-order valence-electron chi connectivity index (χ2n) is 12.1. The van der Waals surface area contributed by atoms with Crippen LogP contribution < -0.4 is 0 Å². The molecule has 0 nitrogen and oxygen atoms in total. The third-order valence-corrected chi connectivity index (χ3v) is 33.9. The molecule has 1 heterocycles. The van der Waals surface area contributed by atoms with Crippen LogP contribution in [-0.2, 0) is 0 Å². The van der Waals surface area contributed by atoms with Gasteiger partial charge in [-0.3, -0.25) is 0 Å². The first-order chi connectivity index (χ1) is 14.2. The van der Waals surface area contributed by atoms with Crippen molar-refractivity contribution in [3.63, 3.8) is 0 Å². The Morgan fingerprint density at radius 1 is 0.516 bits per heavy atom. The van der Waals surface area contributed by atoms with E-state index in [0.717, 1.165) is 0 Å². The van der Waals surface area contributed by atoms with Crippen molar-refractivity contribution in [1.29, 1.82) is 0 Å². The fraction of sp³-hybridized carbons (Fsp3) is 0.429. The van der Waals surface area contributed by atoms with Crippen LogP contribution in [0.3, 0.4) is 0 Å². The topological polar surface area (TPSA) is 0 Å². The van der Waals surface area contributed by atoms with Gasteiger partial charge in [0.25, 0.3) is 0 Å². The molecule has 2 aromatic carbocycles. The first kappa shape index (κ1) is 24.8. The first-order valence-electron chi connectivity index (χ1n) is 11.6. The third-order valence-electron chi connectivity index (χ3n) is 8.12. The molecule has 2 radical (unpaired) electrons. The molecule has 0 atom stereocenters. The molecule has 0 amide bonds. The Morgan fingerprint density at radius 3 is 1.06 bits per heavy atom. The van der Waals surface area contributed by atoms with Gasteiger partial charge in [0, 0.05) is 0 Å². The van der Waals surface area contributed by atoms with Crippen LogP contribution in [0.4, 0.5) is 0 Å². The average Bonchev–Trinajstić information content (AvgIpc) is 3.09. The molecule has 2 aromatic rings. The van der Waals surface area contributed by atoms with Gasteiger partial charge in [-0.05, 0) is 0 Å². The van der Waals surface area contributed by atoms with Crippen molar-refractivity contribution in [2.75, 3.05) is 0 Å². The van der Waals surface area contributed by atoms with Crippen molar-refractivity contribution in [1.82, 2.24) is 0 Å². The molecule has 0 aliphatic carbocycles. The van der Waals surface area contributed by atoms with E-state index in [9.17, 15) is 0 Å². The van der Waals surface area contributed by atoms with Crippen LogP contribution >= 0.6 is 0 Å². The number of hydrogen-bond donors (Lipinski definition) is 0. The number of rotatable bonds is 4. The molecule has 3 heteroatoms. The first-order valence-corrected chi connectivity index (χ1v) is 20.4. The number of benzene rings is 2. The van der Waals surface area contributed by atoms with Crippen molar-refractivity contribution in [2.45, 2.75) is 77.8 Å². The van der Waals surface area contributed by atoms with E-state index in [4.69, 9.17) is 0 Å². The minimum atomic E-state index is -1.64. The van der Waals surface area contributed by atoms with E-state index in [0.29, 0.717) is 10.1 Å². The number of hydrogen-bond acceptors (Lipinski definition) is 0. The van der Waals surface area contributed by atoms with Gasteiger partial charge < -0.3 is 0 Å². The van der Waals surface area contributed by atoms with Crippen LogP contribution in [0.2, 0.25) is 36.3 Å². The maximum atomic E-state index is 2.64. The molecule has 1 aliphatic rings. The molecule has 164 valence electrons. The van der Waals surface area contributed by atoms with Crippen LogP contribution in [0.25, 0.3) is 11.1 Å². The van der Waals surface area contributed by atoms with Gasteiger partial charge in [0.1, 0.15) is 0 Å². The van der Waals surface area contributed by atoms with Gasteiger partial charge >= 0.3 is 204 Å². The van der Waals surface area contributed by atoms with E-state index in [1.165, 1.54) is 11.1 Å². The van der Waals surface area contributed by atoms with Gasteiger partial charge in [-0.1, -0.05) is 0 Å². The Kier molecular flexibility index (Phi) is 6.79. The monoisotopic (exact) mass is 552 g/mol. The molecule has 3 rings (SSSR count).